The average molecular weight is 359 g/mol. The lowest BCUT2D eigenvalue weighted by Gasteiger charge is -2.04. The zero-order chi connectivity index (χ0) is 17.0. The number of nitrogens with zero attached hydrogens (tertiary/aromatic N) is 2. The van der Waals surface area contributed by atoms with E-state index in [0.29, 0.717) is 10.8 Å². The third kappa shape index (κ3) is 3.84. The van der Waals surface area contributed by atoms with Crippen LogP contribution in [0.5, 0.6) is 0 Å². The van der Waals surface area contributed by atoms with Crippen LogP contribution in [0.15, 0.2) is 65.1 Å². The molecule has 0 spiro atoms. The number of aromatic nitrogens is 2. The number of sulfone groups is 1. The Balaban J connectivity index is 1.69. The Morgan fingerprint density at radius 3 is 2.62 bits per heavy atom. The van der Waals surface area contributed by atoms with Gasteiger partial charge in [0.05, 0.1) is 10.6 Å². The first-order valence-electron chi connectivity index (χ1n) is 6.98. The number of hydrogen-bond donors (Lipinski definition) is 1. The van der Waals surface area contributed by atoms with E-state index in [1.165, 1.54) is 23.5 Å². The highest BCUT2D eigenvalue weighted by molar-refractivity contribution is 7.92. The van der Waals surface area contributed by atoms with Gasteiger partial charge in [0.2, 0.25) is 5.91 Å². The number of nitrogens with one attached hydrogen (secondary N) is 1. The molecule has 1 N–H and O–H groups in total. The third-order valence-corrected chi connectivity index (χ3v) is 5.52. The molecule has 0 saturated heterocycles. The number of anilines is 1. The van der Waals surface area contributed by atoms with Crippen molar-refractivity contribution in [3.8, 4) is 11.3 Å². The van der Waals surface area contributed by atoms with Gasteiger partial charge in [-0.05, 0) is 24.3 Å². The van der Waals surface area contributed by atoms with Crippen molar-refractivity contribution in [2.45, 2.75) is 4.90 Å². The summed E-state index contributed by atoms with van der Waals surface area (Å²) in [5.41, 5.74) is 1.50. The molecule has 8 heteroatoms. The topological polar surface area (TPSA) is 89.0 Å². The van der Waals surface area contributed by atoms with Crippen LogP contribution in [0.25, 0.3) is 11.3 Å². The second-order valence-electron chi connectivity index (χ2n) is 4.90. The van der Waals surface area contributed by atoms with Gasteiger partial charge in [0.15, 0.2) is 15.0 Å². The van der Waals surface area contributed by atoms with Crippen molar-refractivity contribution in [1.82, 2.24) is 9.97 Å². The Kier molecular flexibility index (Phi) is 4.68. The van der Waals surface area contributed by atoms with Gasteiger partial charge in [0, 0.05) is 23.3 Å². The predicted molar refractivity (Wildman–Crippen MR) is 92.5 cm³/mol. The number of rotatable bonds is 5. The summed E-state index contributed by atoms with van der Waals surface area (Å²) in [6.07, 6.45) is 3.33. The van der Waals surface area contributed by atoms with E-state index < -0.39 is 21.5 Å². The molecule has 1 amide bonds. The molecular weight excluding hydrogens is 346 g/mol. The normalized spacial score (nSPS) is 11.2. The molecule has 0 unspecified atom stereocenters. The first-order chi connectivity index (χ1) is 11.5. The molecule has 6 nitrogen and oxygen atoms in total. The minimum atomic E-state index is -3.67. The highest BCUT2D eigenvalue weighted by atomic mass is 32.2. The molecular formula is C16H13N3O3S2. The van der Waals surface area contributed by atoms with E-state index in [0.717, 1.165) is 5.56 Å². The lowest BCUT2D eigenvalue weighted by atomic mass is 10.2. The van der Waals surface area contributed by atoms with E-state index in [1.807, 2.05) is 6.07 Å². The molecule has 0 aliphatic rings. The van der Waals surface area contributed by atoms with Crippen molar-refractivity contribution in [2.75, 3.05) is 11.1 Å². The van der Waals surface area contributed by atoms with Gasteiger partial charge in [-0.15, -0.1) is 11.3 Å². The average Bonchev–Trinajstić information content (AvgIpc) is 3.04. The third-order valence-electron chi connectivity index (χ3n) is 3.13. The Morgan fingerprint density at radius 2 is 1.92 bits per heavy atom. The number of carbonyl (C=O) groups is 1. The van der Waals surface area contributed by atoms with Crippen LogP contribution in [0.2, 0.25) is 0 Å². The van der Waals surface area contributed by atoms with Gasteiger partial charge in [-0.3, -0.25) is 9.78 Å². The number of hydrogen-bond acceptors (Lipinski definition) is 6. The molecule has 1 aromatic carbocycles. The standard InChI is InChI=1S/C16H13N3O3S2/c20-15(11-24(21,22)13-6-2-1-3-7-13)19-16-18-14(10-23-16)12-5-4-8-17-9-12/h1-10H,11H2,(H,18,19,20). The Hall–Kier alpha value is -2.58. The van der Waals surface area contributed by atoms with Crippen molar-refractivity contribution in [3.63, 3.8) is 0 Å². The highest BCUT2D eigenvalue weighted by Gasteiger charge is 2.19. The maximum atomic E-state index is 12.2. The van der Waals surface area contributed by atoms with Gasteiger partial charge in [-0.2, -0.15) is 0 Å². The number of pyridine rings is 1. The fraction of sp³-hybridized carbons (Fsp3) is 0.0625. The van der Waals surface area contributed by atoms with Gasteiger partial charge < -0.3 is 5.32 Å². The molecule has 24 heavy (non-hydrogen) atoms. The van der Waals surface area contributed by atoms with E-state index in [2.05, 4.69) is 15.3 Å². The lowest BCUT2D eigenvalue weighted by Crippen LogP contribution is -2.22. The van der Waals surface area contributed by atoms with Crippen LogP contribution in [-0.4, -0.2) is 30.0 Å². The maximum Gasteiger partial charge on any atom is 0.241 e. The van der Waals surface area contributed by atoms with Crippen LogP contribution in [0.4, 0.5) is 5.13 Å². The Morgan fingerprint density at radius 1 is 1.12 bits per heavy atom. The van der Waals surface area contributed by atoms with Crippen molar-refractivity contribution in [3.05, 3.63) is 60.2 Å². The van der Waals surface area contributed by atoms with Gasteiger partial charge in [-0.1, -0.05) is 18.2 Å². The van der Waals surface area contributed by atoms with Gasteiger partial charge >= 0.3 is 0 Å². The first-order valence-corrected chi connectivity index (χ1v) is 9.51. The summed E-state index contributed by atoms with van der Waals surface area (Å²) < 4.78 is 24.3. The van der Waals surface area contributed by atoms with Crippen molar-refractivity contribution < 1.29 is 13.2 Å². The number of benzene rings is 1. The lowest BCUT2D eigenvalue weighted by molar-refractivity contribution is -0.113. The fourth-order valence-corrected chi connectivity index (χ4v) is 3.91. The molecule has 0 atom stereocenters. The summed E-state index contributed by atoms with van der Waals surface area (Å²) in [6, 6.07) is 11.5. The highest BCUT2D eigenvalue weighted by Crippen LogP contribution is 2.24. The molecule has 122 valence electrons. The van der Waals surface area contributed by atoms with Gasteiger partial charge in [-0.25, -0.2) is 13.4 Å². The Labute approximate surface area is 143 Å². The number of thiazole rings is 1. The zero-order valence-electron chi connectivity index (χ0n) is 12.4. The smallest absolute Gasteiger partial charge is 0.241 e. The second-order valence-corrected chi connectivity index (χ2v) is 7.75. The Bertz CT molecular complexity index is 939. The summed E-state index contributed by atoms with van der Waals surface area (Å²) in [5, 5.41) is 4.65. The summed E-state index contributed by atoms with van der Waals surface area (Å²) in [7, 11) is -3.67. The second kappa shape index (κ2) is 6.90. The number of amides is 1. The van der Waals surface area contributed by atoms with E-state index in [9.17, 15) is 13.2 Å². The molecule has 2 aromatic heterocycles. The molecule has 0 bridgehead atoms. The molecule has 0 aliphatic carbocycles. The summed E-state index contributed by atoms with van der Waals surface area (Å²) >= 11 is 1.23. The minimum Gasteiger partial charge on any atom is -0.301 e. The molecule has 3 rings (SSSR count). The van der Waals surface area contributed by atoms with E-state index in [1.54, 1.807) is 42.0 Å². The molecule has 3 aromatic rings. The predicted octanol–water partition coefficient (Wildman–Crippen LogP) is 2.62. The molecule has 2 heterocycles. The minimum absolute atomic E-state index is 0.121. The largest absolute Gasteiger partial charge is 0.301 e. The van der Waals surface area contributed by atoms with Crippen LogP contribution in [0, 0.1) is 0 Å². The van der Waals surface area contributed by atoms with Crippen molar-refractivity contribution in [1.29, 1.82) is 0 Å². The molecule has 0 radical (unpaired) electrons. The summed E-state index contributed by atoms with van der Waals surface area (Å²) in [4.78, 5) is 20.4. The van der Waals surface area contributed by atoms with Crippen LogP contribution in [0.3, 0.4) is 0 Å². The summed E-state index contributed by atoms with van der Waals surface area (Å²) in [5.74, 6) is -1.25. The first kappa shape index (κ1) is 16.3. The maximum absolute atomic E-state index is 12.2. The van der Waals surface area contributed by atoms with E-state index in [4.69, 9.17) is 0 Å². The van der Waals surface area contributed by atoms with Gasteiger partial charge in [0.25, 0.3) is 0 Å². The monoisotopic (exact) mass is 359 g/mol. The van der Waals surface area contributed by atoms with Crippen molar-refractivity contribution >= 4 is 32.2 Å². The SMILES string of the molecule is O=C(CS(=O)(=O)c1ccccc1)Nc1nc(-c2cccnc2)cs1. The number of carbonyl (C=O) groups excluding carboxylic acids is 1. The molecule has 0 fully saturated rings. The van der Waals surface area contributed by atoms with Gasteiger partial charge in [0.1, 0.15) is 5.75 Å². The molecule has 0 saturated carbocycles. The summed E-state index contributed by atoms with van der Waals surface area (Å²) in [6.45, 7) is 0. The molecule has 0 aliphatic heterocycles. The van der Waals surface area contributed by atoms with E-state index >= 15 is 0 Å². The van der Waals surface area contributed by atoms with Crippen LogP contribution in [-0.2, 0) is 14.6 Å². The van der Waals surface area contributed by atoms with E-state index in [-0.39, 0.29) is 4.90 Å². The fourth-order valence-electron chi connectivity index (χ4n) is 2.02. The van der Waals surface area contributed by atoms with Crippen LogP contribution < -0.4 is 5.32 Å². The van der Waals surface area contributed by atoms with Crippen LogP contribution in [0.1, 0.15) is 0 Å². The van der Waals surface area contributed by atoms with Crippen molar-refractivity contribution in [2.24, 2.45) is 0 Å². The van der Waals surface area contributed by atoms with Crippen LogP contribution >= 0.6 is 11.3 Å². The quantitative estimate of drug-likeness (QED) is 0.756. The zero-order valence-corrected chi connectivity index (χ0v) is 14.0.